The van der Waals surface area contributed by atoms with Crippen molar-refractivity contribution in [1.82, 2.24) is 9.88 Å². The summed E-state index contributed by atoms with van der Waals surface area (Å²) in [7, 11) is 1.50. The van der Waals surface area contributed by atoms with Gasteiger partial charge in [0.1, 0.15) is 5.69 Å². The molecule has 0 saturated carbocycles. The number of carbonyl (C=O) groups excluding carboxylic acids is 1. The predicted molar refractivity (Wildman–Crippen MR) is 83.9 cm³/mol. The number of anilines is 1. The predicted octanol–water partition coefficient (Wildman–Crippen LogP) is 3.10. The van der Waals surface area contributed by atoms with Gasteiger partial charge in [0.25, 0.3) is 5.56 Å². The van der Waals surface area contributed by atoms with Crippen molar-refractivity contribution in [3.63, 3.8) is 0 Å². The SMILES string of the molecule is CN(CCc1ccccc1)C(=O)Nc1cc(C(F)(F)F)c[nH]c1=O. The molecular weight excluding hydrogens is 323 g/mol. The van der Waals surface area contributed by atoms with Gasteiger partial charge in [0.15, 0.2) is 0 Å². The van der Waals surface area contributed by atoms with E-state index in [4.69, 9.17) is 0 Å². The van der Waals surface area contributed by atoms with Gasteiger partial charge in [-0.1, -0.05) is 30.3 Å². The maximum absolute atomic E-state index is 12.7. The molecule has 8 heteroatoms. The molecule has 128 valence electrons. The zero-order valence-electron chi connectivity index (χ0n) is 12.9. The van der Waals surface area contributed by atoms with Gasteiger partial charge in [0.05, 0.1) is 5.56 Å². The zero-order valence-corrected chi connectivity index (χ0v) is 12.9. The largest absolute Gasteiger partial charge is 0.417 e. The lowest BCUT2D eigenvalue weighted by atomic mass is 10.1. The van der Waals surface area contributed by atoms with E-state index in [1.807, 2.05) is 35.3 Å². The molecule has 1 aromatic heterocycles. The summed E-state index contributed by atoms with van der Waals surface area (Å²) in [6.07, 6.45) is -3.45. The first-order valence-corrected chi connectivity index (χ1v) is 7.13. The fraction of sp³-hybridized carbons (Fsp3) is 0.250. The van der Waals surface area contributed by atoms with Gasteiger partial charge < -0.3 is 15.2 Å². The minimum absolute atomic E-state index is 0.354. The van der Waals surface area contributed by atoms with Gasteiger partial charge in [0, 0.05) is 19.8 Å². The molecule has 2 amide bonds. The average Bonchev–Trinajstić information content (AvgIpc) is 2.54. The van der Waals surface area contributed by atoms with E-state index >= 15 is 0 Å². The molecular formula is C16H16F3N3O2. The third kappa shape index (κ3) is 4.61. The van der Waals surface area contributed by atoms with Gasteiger partial charge >= 0.3 is 12.2 Å². The lowest BCUT2D eigenvalue weighted by molar-refractivity contribution is -0.137. The average molecular weight is 339 g/mol. The number of rotatable bonds is 4. The van der Waals surface area contributed by atoms with E-state index in [1.54, 1.807) is 0 Å². The van der Waals surface area contributed by atoms with E-state index in [-0.39, 0.29) is 0 Å². The molecule has 2 N–H and O–H groups in total. The summed E-state index contributed by atoms with van der Waals surface area (Å²) in [5, 5.41) is 2.20. The molecule has 0 bridgehead atoms. The molecule has 24 heavy (non-hydrogen) atoms. The van der Waals surface area contributed by atoms with Crippen molar-refractivity contribution in [3.8, 4) is 0 Å². The van der Waals surface area contributed by atoms with Crippen LogP contribution in [0.4, 0.5) is 23.7 Å². The van der Waals surface area contributed by atoms with Gasteiger partial charge in [-0.15, -0.1) is 0 Å². The third-order valence-corrected chi connectivity index (χ3v) is 3.40. The number of hydrogen-bond donors (Lipinski definition) is 2. The highest BCUT2D eigenvalue weighted by Gasteiger charge is 2.31. The second kappa shape index (κ2) is 7.20. The van der Waals surface area contributed by atoms with E-state index in [9.17, 15) is 22.8 Å². The van der Waals surface area contributed by atoms with Crippen LogP contribution in [-0.2, 0) is 12.6 Å². The Balaban J connectivity index is 2.02. The summed E-state index contributed by atoms with van der Waals surface area (Å²) in [5.74, 6) is 0. The summed E-state index contributed by atoms with van der Waals surface area (Å²) < 4.78 is 38.0. The van der Waals surface area contributed by atoms with Crippen LogP contribution in [0.25, 0.3) is 0 Å². The molecule has 2 rings (SSSR count). The number of nitrogens with one attached hydrogen (secondary N) is 2. The number of pyridine rings is 1. The minimum Gasteiger partial charge on any atom is -0.327 e. The smallest absolute Gasteiger partial charge is 0.327 e. The number of carbonyl (C=O) groups is 1. The Bertz CT molecular complexity index is 757. The van der Waals surface area contributed by atoms with Crippen LogP contribution in [-0.4, -0.2) is 29.5 Å². The Kier molecular flexibility index (Phi) is 5.28. The van der Waals surface area contributed by atoms with Gasteiger partial charge in [-0.05, 0) is 18.1 Å². The molecule has 2 aromatic rings. The Labute approximate surface area is 136 Å². The van der Waals surface area contributed by atoms with Crippen molar-refractivity contribution in [2.24, 2.45) is 0 Å². The van der Waals surface area contributed by atoms with Crippen LogP contribution >= 0.6 is 0 Å². The van der Waals surface area contributed by atoms with Crippen molar-refractivity contribution >= 4 is 11.7 Å². The minimum atomic E-state index is -4.61. The summed E-state index contributed by atoms with van der Waals surface area (Å²) >= 11 is 0. The Morgan fingerprint density at radius 1 is 1.25 bits per heavy atom. The highest BCUT2D eigenvalue weighted by atomic mass is 19.4. The van der Waals surface area contributed by atoms with Gasteiger partial charge in [-0.25, -0.2) is 4.79 Å². The number of nitrogens with zero attached hydrogens (tertiary/aromatic N) is 1. The number of benzene rings is 1. The van der Waals surface area contributed by atoms with Crippen LogP contribution in [0, 0.1) is 0 Å². The zero-order chi connectivity index (χ0) is 17.7. The van der Waals surface area contributed by atoms with Crippen LogP contribution in [0.2, 0.25) is 0 Å². The maximum Gasteiger partial charge on any atom is 0.417 e. The Hall–Kier alpha value is -2.77. The number of amides is 2. The second-order valence-electron chi connectivity index (χ2n) is 5.22. The van der Waals surface area contributed by atoms with Crippen LogP contribution in [0.5, 0.6) is 0 Å². The normalized spacial score (nSPS) is 11.2. The first-order valence-electron chi connectivity index (χ1n) is 7.13. The topological polar surface area (TPSA) is 65.2 Å². The monoisotopic (exact) mass is 339 g/mol. The number of H-pyrrole nitrogens is 1. The summed E-state index contributed by atoms with van der Waals surface area (Å²) in [6, 6.07) is 9.39. The van der Waals surface area contributed by atoms with Crippen molar-refractivity contribution < 1.29 is 18.0 Å². The fourth-order valence-electron chi connectivity index (χ4n) is 1.99. The van der Waals surface area contributed by atoms with E-state index in [1.165, 1.54) is 11.9 Å². The molecule has 5 nitrogen and oxygen atoms in total. The van der Waals surface area contributed by atoms with Crippen molar-refractivity contribution in [1.29, 1.82) is 0 Å². The number of likely N-dealkylation sites (N-methyl/N-ethyl adjacent to an activating group) is 1. The number of urea groups is 1. The molecule has 0 aliphatic rings. The summed E-state index contributed by atoms with van der Waals surface area (Å²) in [4.78, 5) is 26.9. The van der Waals surface area contributed by atoms with Crippen LogP contribution in [0.15, 0.2) is 47.4 Å². The molecule has 0 saturated heterocycles. The molecule has 0 unspecified atom stereocenters. The van der Waals surface area contributed by atoms with Crippen molar-refractivity contribution in [2.75, 3.05) is 18.9 Å². The molecule has 1 heterocycles. The van der Waals surface area contributed by atoms with Gasteiger partial charge in [-0.3, -0.25) is 4.79 Å². The quantitative estimate of drug-likeness (QED) is 0.899. The van der Waals surface area contributed by atoms with Gasteiger partial charge in [-0.2, -0.15) is 13.2 Å². The fourth-order valence-corrected chi connectivity index (χ4v) is 1.99. The summed E-state index contributed by atoms with van der Waals surface area (Å²) in [5.41, 5.74) is -1.26. The third-order valence-electron chi connectivity index (χ3n) is 3.40. The number of aromatic amines is 1. The number of aromatic nitrogens is 1. The van der Waals surface area contributed by atoms with E-state index in [2.05, 4.69) is 5.32 Å². The standard InChI is InChI=1S/C16H16F3N3O2/c1-22(8-7-11-5-3-2-4-6-11)15(24)21-13-9-12(16(17,18)19)10-20-14(13)23/h2-6,9-10H,7-8H2,1H3,(H,20,23)(H,21,24). The first kappa shape index (κ1) is 17.6. The number of halogens is 3. The van der Waals surface area contributed by atoms with Crippen molar-refractivity contribution in [3.05, 3.63) is 64.1 Å². The molecule has 1 aromatic carbocycles. The lowest BCUT2D eigenvalue weighted by Crippen LogP contribution is -2.34. The molecule has 0 spiro atoms. The van der Waals surface area contributed by atoms with Crippen LogP contribution < -0.4 is 10.9 Å². The molecule has 0 atom stereocenters. The molecule has 0 aliphatic carbocycles. The molecule has 0 aliphatic heterocycles. The van der Waals surface area contributed by atoms with Crippen LogP contribution in [0.1, 0.15) is 11.1 Å². The second-order valence-corrected chi connectivity index (χ2v) is 5.22. The summed E-state index contributed by atoms with van der Waals surface area (Å²) in [6.45, 7) is 0.354. The number of hydrogen-bond acceptors (Lipinski definition) is 2. The Morgan fingerprint density at radius 2 is 1.92 bits per heavy atom. The first-order chi connectivity index (χ1) is 11.3. The van der Waals surface area contributed by atoms with Gasteiger partial charge in [0.2, 0.25) is 0 Å². The van der Waals surface area contributed by atoms with E-state index < -0.39 is 29.0 Å². The molecule has 0 fully saturated rings. The highest BCUT2D eigenvalue weighted by Crippen LogP contribution is 2.29. The van der Waals surface area contributed by atoms with E-state index in [0.29, 0.717) is 25.2 Å². The number of alkyl halides is 3. The van der Waals surface area contributed by atoms with E-state index in [0.717, 1.165) is 5.56 Å². The molecule has 0 radical (unpaired) electrons. The maximum atomic E-state index is 12.7. The van der Waals surface area contributed by atoms with Crippen molar-refractivity contribution in [2.45, 2.75) is 12.6 Å². The van der Waals surface area contributed by atoms with Crippen LogP contribution in [0.3, 0.4) is 0 Å². The Morgan fingerprint density at radius 3 is 2.54 bits per heavy atom. The highest BCUT2D eigenvalue weighted by molar-refractivity contribution is 5.89. The lowest BCUT2D eigenvalue weighted by Gasteiger charge is -2.18.